The fraction of sp³-hybridized carbons (Fsp3) is 0.333. The van der Waals surface area contributed by atoms with Crippen molar-refractivity contribution in [2.75, 3.05) is 18.8 Å². The minimum atomic E-state index is -0.233. The molecule has 4 N–H and O–H groups in total. The van der Waals surface area contributed by atoms with Gasteiger partial charge in [-0.25, -0.2) is 4.52 Å². The van der Waals surface area contributed by atoms with Gasteiger partial charge in [0.1, 0.15) is 11.4 Å². The fourth-order valence-electron chi connectivity index (χ4n) is 4.34. The molecule has 2 aromatic heterocycles. The number of nitrogen functional groups attached to an aromatic ring is 1. The van der Waals surface area contributed by atoms with Gasteiger partial charge in [-0.05, 0) is 44.1 Å². The lowest BCUT2D eigenvalue weighted by Crippen LogP contribution is -2.51. The summed E-state index contributed by atoms with van der Waals surface area (Å²) < 4.78 is 8.09. The number of hydrogen-bond donors (Lipinski definition) is 3. The number of fused-ring (bicyclic) bond motifs is 2. The topological polar surface area (TPSA) is 93.7 Å². The van der Waals surface area contributed by atoms with E-state index in [0.29, 0.717) is 16.8 Å². The van der Waals surface area contributed by atoms with Crippen molar-refractivity contribution >= 4 is 17.1 Å². The zero-order valence-corrected chi connectivity index (χ0v) is 15.5. The van der Waals surface area contributed by atoms with Crippen LogP contribution in [0.1, 0.15) is 41.2 Å². The summed E-state index contributed by atoms with van der Waals surface area (Å²) in [6.45, 7) is 1.85. The minimum absolute atomic E-state index is 0.105. The van der Waals surface area contributed by atoms with Gasteiger partial charge in [-0.2, -0.15) is 5.10 Å². The lowest BCUT2D eigenvalue weighted by atomic mass is 9.81. The van der Waals surface area contributed by atoms with E-state index in [2.05, 4.69) is 15.7 Å². The summed E-state index contributed by atoms with van der Waals surface area (Å²) in [4.78, 5) is 13.1. The minimum Gasteiger partial charge on any atom is -0.487 e. The zero-order valence-electron chi connectivity index (χ0n) is 15.5. The average molecular weight is 377 g/mol. The summed E-state index contributed by atoms with van der Waals surface area (Å²) in [5.41, 5.74) is 8.52. The van der Waals surface area contributed by atoms with Crippen LogP contribution in [0.25, 0.3) is 5.52 Å². The highest BCUT2D eigenvalue weighted by Gasteiger charge is 2.42. The molecule has 1 saturated heterocycles. The summed E-state index contributed by atoms with van der Waals surface area (Å²) >= 11 is 0. The van der Waals surface area contributed by atoms with Crippen molar-refractivity contribution in [3.05, 3.63) is 59.9 Å². The summed E-state index contributed by atoms with van der Waals surface area (Å²) in [6, 6.07) is 11.4. The Kier molecular flexibility index (Phi) is 3.98. The molecule has 1 unspecified atom stereocenters. The quantitative estimate of drug-likeness (QED) is 0.637. The molecule has 2 aliphatic heterocycles. The molecule has 7 nitrogen and oxygen atoms in total. The largest absolute Gasteiger partial charge is 0.487 e. The maximum Gasteiger partial charge on any atom is 0.255 e. The highest BCUT2D eigenvalue weighted by atomic mass is 16.5. The Morgan fingerprint density at radius 1 is 1.29 bits per heavy atom. The number of piperidine rings is 1. The van der Waals surface area contributed by atoms with Crippen molar-refractivity contribution in [3.8, 4) is 5.75 Å². The van der Waals surface area contributed by atoms with E-state index in [4.69, 9.17) is 10.5 Å². The van der Waals surface area contributed by atoms with Crippen molar-refractivity contribution in [2.24, 2.45) is 0 Å². The van der Waals surface area contributed by atoms with Crippen LogP contribution in [0.15, 0.2) is 48.8 Å². The van der Waals surface area contributed by atoms with E-state index in [1.165, 1.54) is 0 Å². The van der Waals surface area contributed by atoms with Gasteiger partial charge in [-0.1, -0.05) is 18.2 Å². The van der Waals surface area contributed by atoms with Crippen LogP contribution in [0.2, 0.25) is 0 Å². The first-order chi connectivity index (χ1) is 13.6. The van der Waals surface area contributed by atoms with Crippen LogP contribution in [0.4, 0.5) is 5.69 Å². The molecule has 0 bridgehead atoms. The van der Waals surface area contributed by atoms with Crippen LogP contribution in [-0.2, 0) is 0 Å². The lowest BCUT2D eigenvalue weighted by Gasteiger charge is -2.44. The number of ether oxygens (including phenoxy) is 1. The number of carbonyl (C=O) groups excluding carboxylic acids is 1. The third kappa shape index (κ3) is 2.88. The van der Waals surface area contributed by atoms with Crippen LogP contribution in [0, 0.1) is 0 Å². The predicted octanol–water partition coefficient (Wildman–Crippen LogP) is 2.29. The second-order valence-corrected chi connectivity index (χ2v) is 7.65. The van der Waals surface area contributed by atoms with Crippen molar-refractivity contribution in [1.29, 1.82) is 0 Å². The normalized spacial score (nSPS) is 20.5. The van der Waals surface area contributed by atoms with Crippen molar-refractivity contribution in [3.63, 3.8) is 0 Å². The third-order valence-electron chi connectivity index (χ3n) is 5.81. The highest BCUT2D eigenvalue weighted by molar-refractivity contribution is 6.01. The first-order valence-electron chi connectivity index (χ1n) is 9.66. The van der Waals surface area contributed by atoms with E-state index in [0.717, 1.165) is 43.7 Å². The molecular formula is C21H23N5O2. The number of aromatic nitrogens is 2. The Balaban J connectivity index is 1.47. The Hall–Kier alpha value is -3.06. The van der Waals surface area contributed by atoms with Crippen LogP contribution < -0.4 is 21.1 Å². The molecule has 1 fully saturated rings. The number of rotatable bonds is 2. The molecule has 28 heavy (non-hydrogen) atoms. The van der Waals surface area contributed by atoms with Gasteiger partial charge < -0.3 is 21.1 Å². The maximum absolute atomic E-state index is 13.1. The van der Waals surface area contributed by atoms with Crippen LogP contribution >= 0.6 is 0 Å². The number of pyridine rings is 1. The van der Waals surface area contributed by atoms with Crippen molar-refractivity contribution in [2.45, 2.75) is 30.9 Å². The summed E-state index contributed by atoms with van der Waals surface area (Å²) in [5, 5.41) is 10.9. The molecule has 7 heteroatoms. The number of nitrogens with zero attached hydrogens (tertiary/aromatic N) is 2. The van der Waals surface area contributed by atoms with Gasteiger partial charge in [0.15, 0.2) is 0 Å². The van der Waals surface area contributed by atoms with Crippen LogP contribution in [0.3, 0.4) is 0 Å². The number of benzene rings is 1. The van der Waals surface area contributed by atoms with Gasteiger partial charge in [0.05, 0.1) is 23.3 Å². The molecule has 5 rings (SSSR count). The molecule has 0 aliphatic carbocycles. The number of amides is 1. The van der Waals surface area contributed by atoms with Gasteiger partial charge in [-0.15, -0.1) is 0 Å². The second kappa shape index (κ2) is 6.53. The van der Waals surface area contributed by atoms with Crippen LogP contribution in [0.5, 0.6) is 5.75 Å². The Labute approximate surface area is 162 Å². The Morgan fingerprint density at radius 3 is 2.96 bits per heavy atom. The van der Waals surface area contributed by atoms with E-state index in [1.54, 1.807) is 29.0 Å². The summed E-state index contributed by atoms with van der Waals surface area (Å²) in [7, 11) is 0. The van der Waals surface area contributed by atoms with E-state index in [1.807, 2.05) is 24.3 Å². The highest BCUT2D eigenvalue weighted by Crippen LogP contribution is 2.43. The molecule has 1 aromatic carbocycles. The molecule has 4 heterocycles. The Bertz CT molecular complexity index is 1040. The fourth-order valence-corrected chi connectivity index (χ4v) is 4.34. The average Bonchev–Trinajstić information content (AvgIpc) is 3.11. The van der Waals surface area contributed by atoms with E-state index >= 15 is 0 Å². The van der Waals surface area contributed by atoms with Crippen molar-refractivity contribution in [1.82, 2.24) is 20.2 Å². The standard InChI is InChI=1S/C21H23N5O2/c22-14-5-10-26-18(11-14)16(13-24-26)20(27)25-17-12-21(6-8-23-9-7-21)28-19-4-2-1-3-15(17)19/h1-5,10-11,13,17,23H,6-9,12,22H2,(H,25,27). The molecular weight excluding hydrogens is 354 g/mol. The maximum atomic E-state index is 13.1. The lowest BCUT2D eigenvalue weighted by molar-refractivity contribution is 0.00366. The van der Waals surface area contributed by atoms with E-state index in [9.17, 15) is 4.79 Å². The molecule has 0 saturated carbocycles. The number of anilines is 1. The molecule has 0 radical (unpaired) electrons. The zero-order chi connectivity index (χ0) is 19.1. The number of para-hydroxylation sites is 1. The number of hydrogen-bond acceptors (Lipinski definition) is 5. The van der Waals surface area contributed by atoms with Gasteiger partial charge in [-0.3, -0.25) is 4.79 Å². The molecule has 3 aromatic rings. The second-order valence-electron chi connectivity index (χ2n) is 7.65. The number of nitrogens with two attached hydrogens (primary N) is 1. The monoisotopic (exact) mass is 377 g/mol. The van der Waals surface area contributed by atoms with Gasteiger partial charge in [0, 0.05) is 23.9 Å². The van der Waals surface area contributed by atoms with E-state index < -0.39 is 0 Å². The third-order valence-corrected chi connectivity index (χ3v) is 5.81. The summed E-state index contributed by atoms with van der Waals surface area (Å²) in [5.74, 6) is 0.719. The van der Waals surface area contributed by atoms with Crippen molar-refractivity contribution < 1.29 is 9.53 Å². The van der Waals surface area contributed by atoms with Gasteiger partial charge in [0.25, 0.3) is 5.91 Å². The SMILES string of the molecule is Nc1ccn2ncc(C(=O)NC3CC4(CCNCC4)Oc4ccccc43)c2c1. The smallest absolute Gasteiger partial charge is 0.255 e. The molecule has 1 amide bonds. The van der Waals surface area contributed by atoms with Crippen LogP contribution in [-0.4, -0.2) is 34.2 Å². The van der Waals surface area contributed by atoms with Gasteiger partial charge in [0.2, 0.25) is 0 Å². The molecule has 1 atom stereocenters. The first-order valence-corrected chi connectivity index (χ1v) is 9.66. The van der Waals surface area contributed by atoms with E-state index in [-0.39, 0.29) is 17.6 Å². The molecule has 1 spiro atoms. The Morgan fingerprint density at radius 2 is 2.11 bits per heavy atom. The molecule has 2 aliphatic rings. The summed E-state index contributed by atoms with van der Waals surface area (Å²) in [6.07, 6.45) is 5.98. The number of nitrogens with one attached hydrogen (secondary N) is 2. The van der Waals surface area contributed by atoms with Gasteiger partial charge >= 0.3 is 0 Å². The first kappa shape index (κ1) is 17.1. The molecule has 144 valence electrons. The number of carbonyl (C=O) groups is 1. The predicted molar refractivity (Wildman–Crippen MR) is 106 cm³/mol.